The highest BCUT2D eigenvalue weighted by Gasteiger charge is 2.34. The van der Waals surface area contributed by atoms with Crippen LogP contribution in [0.4, 0.5) is 17.6 Å². The Kier molecular flexibility index (Phi) is 14.7. The fourth-order valence-electron chi connectivity index (χ4n) is 5.19. The Morgan fingerprint density at radius 3 is 1.67 bits per heavy atom. The second kappa shape index (κ2) is 17.9. The van der Waals surface area contributed by atoms with E-state index in [0.717, 1.165) is 48.9 Å². The standard InChI is InChI=1S/C16H20F2N2O4S2.C16H20F2N2O3S2/c1-20-9-8-19-16(20)26(23,24)15(5-3-4-10-25(2,21)22)13-11-12(17)6-7-14(13)18;1-20-9-8-19-16(20)24(21)15(5-3-4-10-25(2,22)23)13-11-12(17)6-7-14(13)18/h6-9,11,15H,3-5,10H2,1-2H3;6-9,11,15H,3-5,10H2,1-2H3. The maximum atomic E-state index is 14.2. The number of hydrogen-bond acceptors (Lipinski definition) is 9. The van der Waals surface area contributed by atoms with E-state index in [-0.39, 0.29) is 58.6 Å². The highest BCUT2D eigenvalue weighted by molar-refractivity contribution is 7.91. The molecule has 51 heavy (non-hydrogen) atoms. The molecule has 0 amide bonds. The van der Waals surface area contributed by atoms with Gasteiger partial charge in [-0.2, -0.15) is 0 Å². The summed E-state index contributed by atoms with van der Waals surface area (Å²) < 4.78 is 142. The molecule has 0 N–H and O–H groups in total. The molecular formula is C32H40F4N4O7S4. The summed E-state index contributed by atoms with van der Waals surface area (Å²) in [6, 6.07) is 5.69. The van der Waals surface area contributed by atoms with Crippen molar-refractivity contribution in [3.8, 4) is 0 Å². The monoisotopic (exact) mass is 796 g/mol. The van der Waals surface area contributed by atoms with Crippen molar-refractivity contribution in [2.75, 3.05) is 24.0 Å². The lowest BCUT2D eigenvalue weighted by atomic mass is 10.1. The first-order chi connectivity index (χ1) is 23.7. The normalized spacial score (nSPS) is 14.0. The molecule has 0 aliphatic carbocycles. The van der Waals surface area contributed by atoms with Crippen LogP contribution in [0.25, 0.3) is 0 Å². The maximum Gasteiger partial charge on any atom is 0.227 e. The summed E-state index contributed by atoms with van der Waals surface area (Å²) >= 11 is 0. The molecule has 0 saturated carbocycles. The number of rotatable bonds is 16. The number of aromatic nitrogens is 4. The van der Waals surface area contributed by atoms with E-state index in [4.69, 9.17) is 0 Å². The van der Waals surface area contributed by atoms with Crippen LogP contribution >= 0.6 is 0 Å². The van der Waals surface area contributed by atoms with E-state index >= 15 is 0 Å². The van der Waals surface area contributed by atoms with Crippen LogP contribution in [0.5, 0.6) is 0 Å². The van der Waals surface area contributed by atoms with Crippen molar-refractivity contribution in [1.29, 1.82) is 0 Å². The molecule has 282 valence electrons. The number of sulfone groups is 3. The van der Waals surface area contributed by atoms with Crippen LogP contribution in [-0.2, 0) is 54.4 Å². The molecule has 2 aromatic heterocycles. The van der Waals surface area contributed by atoms with Crippen molar-refractivity contribution < 1.29 is 47.0 Å². The van der Waals surface area contributed by atoms with Gasteiger partial charge >= 0.3 is 0 Å². The number of benzene rings is 2. The molecule has 19 heteroatoms. The van der Waals surface area contributed by atoms with Gasteiger partial charge in [0.25, 0.3) is 0 Å². The molecule has 0 saturated heterocycles. The zero-order valence-corrected chi connectivity index (χ0v) is 31.6. The number of hydrogen-bond donors (Lipinski definition) is 0. The summed E-state index contributed by atoms with van der Waals surface area (Å²) in [5, 5.41) is -2.17. The fraction of sp³-hybridized carbons (Fsp3) is 0.438. The molecule has 4 aromatic rings. The van der Waals surface area contributed by atoms with E-state index in [2.05, 4.69) is 9.97 Å². The number of aryl methyl sites for hydroxylation is 2. The van der Waals surface area contributed by atoms with E-state index in [1.54, 1.807) is 17.8 Å². The second-order valence-corrected chi connectivity index (χ2v) is 20.1. The lowest BCUT2D eigenvalue weighted by Crippen LogP contribution is -2.19. The van der Waals surface area contributed by atoms with Gasteiger partial charge < -0.3 is 9.13 Å². The van der Waals surface area contributed by atoms with E-state index in [0.29, 0.717) is 12.8 Å². The van der Waals surface area contributed by atoms with E-state index < -0.39 is 74.1 Å². The molecule has 3 atom stereocenters. The van der Waals surface area contributed by atoms with Crippen LogP contribution in [0.1, 0.15) is 60.2 Å². The Labute approximate surface area is 298 Å². The summed E-state index contributed by atoms with van der Waals surface area (Å²) in [5.74, 6) is -2.95. The van der Waals surface area contributed by atoms with Gasteiger partial charge in [-0.05, 0) is 62.1 Å². The van der Waals surface area contributed by atoms with Gasteiger partial charge in [-0.25, -0.2) is 52.8 Å². The molecule has 11 nitrogen and oxygen atoms in total. The SMILES string of the molecule is Cn1ccnc1S(=O)(=O)C(CCCCS(C)(=O)=O)c1cc(F)ccc1F.Cn1ccnc1S(=O)C(CCCCS(C)(=O)=O)c1cc(F)ccc1F. The number of unbranched alkanes of at least 4 members (excludes halogenated alkanes) is 2. The van der Waals surface area contributed by atoms with Gasteiger partial charge in [0.2, 0.25) is 15.0 Å². The first kappa shape index (κ1) is 42.0. The fourth-order valence-corrected chi connectivity index (χ4v) is 10.1. The smallest absolute Gasteiger partial charge is 0.227 e. The first-order valence-electron chi connectivity index (χ1n) is 15.6. The minimum absolute atomic E-state index is 0.000390. The molecular weight excluding hydrogens is 757 g/mol. The summed E-state index contributed by atoms with van der Waals surface area (Å²) in [5.41, 5.74) is -0.270. The van der Waals surface area contributed by atoms with Crippen LogP contribution in [-0.4, -0.2) is 72.6 Å². The lowest BCUT2D eigenvalue weighted by Gasteiger charge is -2.18. The zero-order valence-electron chi connectivity index (χ0n) is 28.4. The van der Waals surface area contributed by atoms with Gasteiger partial charge in [-0.3, -0.25) is 4.21 Å². The van der Waals surface area contributed by atoms with Crippen molar-refractivity contribution in [2.24, 2.45) is 14.1 Å². The average Bonchev–Trinajstić information content (AvgIpc) is 3.67. The van der Waals surface area contributed by atoms with Gasteiger partial charge in [0.1, 0.15) is 42.9 Å². The van der Waals surface area contributed by atoms with E-state index in [1.807, 2.05) is 0 Å². The third kappa shape index (κ3) is 12.3. The third-order valence-corrected chi connectivity index (χ3v) is 13.7. The Balaban J connectivity index is 0.000000276. The first-order valence-corrected chi connectivity index (χ1v) is 22.4. The molecule has 0 spiro atoms. The molecule has 0 fully saturated rings. The van der Waals surface area contributed by atoms with Gasteiger partial charge in [0.05, 0.1) is 21.3 Å². The highest BCUT2D eigenvalue weighted by atomic mass is 32.2. The van der Waals surface area contributed by atoms with Gasteiger partial charge in [0.15, 0.2) is 5.16 Å². The molecule has 0 aliphatic rings. The molecule has 4 rings (SSSR count). The summed E-state index contributed by atoms with van der Waals surface area (Å²) in [7, 11) is -8.93. The van der Waals surface area contributed by atoms with Crippen molar-refractivity contribution in [1.82, 2.24) is 19.1 Å². The average molecular weight is 797 g/mol. The Hall–Kier alpha value is -3.42. The van der Waals surface area contributed by atoms with Crippen LogP contribution in [0.2, 0.25) is 0 Å². The molecule has 3 unspecified atom stereocenters. The number of imidazole rings is 2. The van der Waals surface area contributed by atoms with Crippen LogP contribution in [0, 0.1) is 23.3 Å². The Bertz CT molecular complexity index is 2160. The molecule has 2 aromatic carbocycles. The largest absolute Gasteiger partial charge is 0.327 e. The number of halogens is 4. The van der Waals surface area contributed by atoms with Crippen molar-refractivity contribution in [3.63, 3.8) is 0 Å². The van der Waals surface area contributed by atoms with Gasteiger partial charge in [-0.1, -0.05) is 12.8 Å². The predicted octanol–water partition coefficient (Wildman–Crippen LogP) is 5.19. The molecule has 0 radical (unpaired) electrons. The summed E-state index contributed by atoms with van der Waals surface area (Å²) in [6.45, 7) is 0. The lowest BCUT2D eigenvalue weighted by molar-refractivity contribution is 0.534. The van der Waals surface area contributed by atoms with Crippen molar-refractivity contribution in [2.45, 2.75) is 59.3 Å². The number of nitrogens with zero attached hydrogens (tertiary/aromatic N) is 4. The van der Waals surface area contributed by atoms with Gasteiger partial charge in [-0.15, -0.1) is 0 Å². The minimum Gasteiger partial charge on any atom is -0.327 e. The Morgan fingerprint density at radius 1 is 0.686 bits per heavy atom. The molecule has 2 heterocycles. The molecule has 0 aliphatic heterocycles. The van der Waals surface area contributed by atoms with E-state index in [9.17, 15) is 47.0 Å². The third-order valence-electron chi connectivity index (χ3n) is 7.69. The van der Waals surface area contributed by atoms with Crippen LogP contribution in [0.3, 0.4) is 0 Å². The Morgan fingerprint density at radius 2 is 1.18 bits per heavy atom. The highest BCUT2D eigenvalue weighted by Crippen LogP contribution is 2.35. The topological polar surface area (TPSA) is 155 Å². The van der Waals surface area contributed by atoms with E-state index in [1.165, 1.54) is 30.2 Å². The van der Waals surface area contributed by atoms with Crippen LogP contribution < -0.4 is 0 Å². The predicted molar refractivity (Wildman–Crippen MR) is 185 cm³/mol. The van der Waals surface area contributed by atoms with Crippen molar-refractivity contribution in [3.05, 3.63) is 95.6 Å². The zero-order chi connectivity index (χ0) is 38.1. The summed E-state index contributed by atoms with van der Waals surface area (Å²) in [6.07, 6.45) is 9.51. The second-order valence-electron chi connectivity index (χ2n) is 12.0. The van der Waals surface area contributed by atoms with Crippen molar-refractivity contribution >= 4 is 40.3 Å². The van der Waals surface area contributed by atoms with Gasteiger partial charge in [0, 0.05) is 74.0 Å². The minimum atomic E-state index is -4.10. The quantitative estimate of drug-likeness (QED) is 0.110. The van der Waals surface area contributed by atoms with Crippen LogP contribution in [0.15, 0.2) is 71.5 Å². The maximum absolute atomic E-state index is 14.2. The molecule has 0 bridgehead atoms. The summed E-state index contributed by atoms with van der Waals surface area (Å²) in [4.78, 5) is 7.85.